The topological polar surface area (TPSA) is 66.6 Å². The van der Waals surface area contributed by atoms with Gasteiger partial charge in [0.25, 0.3) is 5.69 Å². The molecule has 0 aliphatic rings. The fraction of sp³-hybridized carbons (Fsp3) is 0.250. The number of hydrogen-bond donors (Lipinski definition) is 1. The van der Waals surface area contributed by atoms with Gasteiger partial charge in [-0.2, -0.15) is 0 Å². The minimum atomic E-state index is -0.473. The second-order valence-electron chi connectivity index (χ2n) is 4.89. The van der Waals surface area contributed by atoms with E-state index in [2.05, 4.69) is 12.1 Å². The Bertz CT molecular complexity index is 614. The van der Waals surface area contributed by atoms with Crippen LogP contribution >= 0.6 is 0 Å². The summed E-state index contributed by atoms with van der Waals surface area (Å²) in [7, 11) is 1.94. The lowest BCUT2D eigenvalue weighted by atomic mass is 10.1. The summed E-state index contributed by atoms with van der Waals surface area (Å²) in [5.41, 5.74) is 2.40. The predicted molar refractivity (Wildman–Crippen MR) is 82.4 cm³/mol. The summed E-state index contributed by atoms with van der Waals surface area (Å²) in [4.78, 5) is 12.4. The normalized spacial score (nSPS) is 10.4. The molecule has 110 valence electrons. The van der Waals surface area contributed by atoms with E-state index in [-0.39, 0.29) is 12.3 Å². The summed E-state index contributed by atoms with van der Waals surface area (Å²) in [6, 6.07) is 15.0. The molecular weight excluding hydrogens is 268 g/mol. The molecule has 5 nitrogen and oxygen atoms in total. The molecule has 0 amide bonds. The number of likely N-dealkylation sites (N-methyl/N-ethyl adjacent to an activating group) is 1. The predicted octanol–water partition coefficient (Wildman–Crippen LogP) is 2.77. The molecule has 0 heterocycles. The zero-order valence-corrected chi connectivity index (χ0v) is 11.9. The van der Waals surface area contributed by atoms with Crippen molar-refractivity contribution in [2.75, 3.05) is 18.5 Å². The maximum atomic E-state index is 10.9. The van der Waals surface area contributed by atoms with E-state index in [9.17, 15) is 15.2 Å². The van der Waals surface area contributed by atoms with E-state index in [1.54, 1.807) is 12.1 Å². The molecule has 2 aromatic carbocycles. The fourth-order valence-corrected chi connectivity index (χ4v) is 2.18. The van der Waals surface area contributed by atoms with E-state index < -0.39 is 4.92 Å². The van der Waals surface area contributed by atoms with Gasteiger partial charge in [-0.15, -0.1) is 0 Å². The van der Waals surface area contributed by atoms with Crippen LogP contribution in [0.3, 0.4) is 0 Å². The molecule has 0 aliphatic carbocycles. The molecule has 0 aliphatic heterocycles. The second kappa shape index (κ2) is 6.85. The number of nitrogens with zero attached hydrogens (tertiary/aromatic N) is 2. The number of aliphatic hydroxyl groups is 1. The molecule has 0 radical (unpaired) electrons. The molecule has 5 heteroatoms. The Balaban J connectivity index is 2.08. The first-order valence-electron chi connectivity index (χ1n) is 6.75. The van der Waals surface area contributed by atoms with Crippen LogP contribution in [0.15, 0.2) is 48.5 Å². The highest BCUT2D eigenvalue weighted by molar-refractivity contribution is 5.55. The molecule has 0 fully saturated rings. The maximum Gasteiger partial charge on any atom is 0.275 e. The number of hydrogen-bond acceptors (Lipinski definition) is 4. The van der Waals surface area contributed by atoms with Crippen molar-refractivity contribution in [1.29, 1.82) is 0 Å². The highest BCUT2D eigenvalue weighted by Gasteiger charge is 2.14. The van der Waals surface area contributed by atoms with E-state index in [1.165, 1.54) is 11.6 Å². The van der Waals surface area contributed by atoms with Gasteiger partial charge in [0.05, 0.1) is 17.1 Å². The Kier molecular flexibility index (Phi) is 4.90. The van der Waals surface area contributed by atoms with Crippen LogP contribution in [0, 0.1) is 10.1 Å². The van der Waals surface area contributed by atoms with Gasteiger partial charge in [-0.1, -0.05) is 30.3 Å². The van der Waals surface area contributed by atoms with Gasteiger partial charge in [0.1, 0.15) is 0 Å². The average Bonchev–Trinajstić information content (AvgIpc) is 2.52. The van der Waals surface area contributed by atoms with Gasteiger partial charge in [-0.25, -0.2) is 0 Å². The lowest BCUT2D eigenvalue weighted by molar-refractivity contribution is -0.385. The zero-order valence-electron chi connectivity index (χ0n) is 11.9. The molecular formula is C16H18N2O3. The van der Waals surface area contributed by atoms with Gasteiger partial charge in [-0.3, -0.25) is 10.1 Å². The van der Waals surface area contributed by atoms with Crippen LogP contribution in [-0.2, 0) is 13.0 Å². The minimum Gasteiger partial charge on any atom is -0.391 e. The van der Waals surface area contributed by atoms with Crippen molar-refractivity contribution < 1.29 is 10.0 Å². The maximum absolute atomic E-state index is 10.9. The quantitative estimate of drug-likeness (QED) is 0.655. The highest BCUT2D eigenvalue weighted by atomic mass is 16.6. The average molecular weight is 286 g/mol. The van der Waals surface area contributed by atoms with Gasteiger partial charge in [-0.05, 0) is 24.1 Å². The van der Waals surface area contributed by atoms with E-state index in [1.807, 2.05) is 30.1 Å². The van der Waals surface area contributed by atoms with Gasteiger partial charge in [0, 0.05) is 25.3 Å². The van der Waals surface area contributed by atoms with Gasteiger partial charge >= 0.3 is 0 Å². The van der Waals surface area contributed by atoms with Crippen LogP contribution in [0.1, 0.15) is 11.1 Å². The summed E-state index contributed by atoms with van der Waals surface area (Å²) in [6.07, 6.45) is 0.892. The van der Waals surface area contributed by atoms with E-state index >= 15 is 0 Å². The molecule has 0 saturated carbocycles. The first kappa shape index (κ1) is 15.0. The lowest BCUT2D eigenvalue weighted by Crippen LogP contribution is -2.20. The summed E-state index contributed by atoms with van der Waals surface area (Å²) < 4.78 is 0. The second-order valence-corrected chi connectivity index (χ2v) is 4.89. The molecule has 1 N–H and O–H groups in total. The number of nitro groups is 1. The number of nitro benzene ring substituents is 1. The first-order chi connectivity index (χ1) is 10.1. The van der Waals surface area contributed by atoms with E-state index in [0.717, 1.165) is 18.7 Å². The smallest absolute Gasteiger partial charge is 0.275 e. The molecule has 0 saturated heterocycles. The molecule has 2 rings (SSSR count). The third-order valence-electron chi connectivity index (χ3n) is 3.45. The van der Waals surface area contributed by atoms with Crippen molar-refractivity contribution in [2.24, 2.45) is 0 Å². The summed E-state index contributed by atoms with van der Waals surface area (Å²) >= 11 is 0. The molecule has 0 unspecified atom stereocenters. The molecule has 2 aromatic rings. The van der Waals surface area contributed by atoms with Gasteiger partial charge in [0.15, 0.2) is 0 Å². The molecule has 0 spiro atoms. The van der Waals surface area contributed by atoms with Crippen molar-refractivity contribution in [2.45, 2.75) is 13.0 Å². The third kappa shape index (κ3) is 3.79. The summed E-state index contributed by atoms with van der Waals surface area (Å²) in [5.74, 6) is 0. The van der Waals surface area contributed by atoms with Gasteiger partial charge < -0.3 is 10.0 Å². The lowest BCUT2D eigenvalue weighted by Gasteiger charge is -2.20. The highest BCUT2D eigenvalue weighted by Crippen LogP contribution is 2.24. The molecule has 21 heavy (non-hydrogen) atoms. The van der Waals surface area contributed by atoms with Crippen molar-refractivity contribution in [3.8, 4) is 0 Å². The fourth-order valence-electron chi connectivity index (χ4n) is 2.18. The SMILES string of the molecule is CN(CCc1ccccc1)c1ccc([N+](=O)[O-])c(CO)c1. The van der Waals surface area contributed by atoms with Crippen molar-refractivity contribution in [3.63, 3.8) is 0 Å². The molecule has 0 bridgehead atoms. The van der Waals surface area contributed by atoms with E-state index in [0.29, 0.717) is 5.56 Å². The van der Waals surface area contributed by atoms with Crippen LogP contribution in [0.4, 0.5) is 11.4 Å². The molecule has 0 aromatic heterocycles. The Labute approximate surface area is 123 Å². The Morgan fingerprint density at radius 1 is 1.19 bits per heavy atom. The standard InChI is InChI=1S/C16H18N2O3/c1-17(10-9-13-5-3-2-4-6-13)15-7-8-16(18(20)21)14(11-15)12-19/h2-8,11,19H,9-10,12H2,1H3. The number of benzene rings is 2. The van der Waals surface area contributed by atoms with Crippen LogP contribution in [0.5, 0.6) is 0 Å². The third-order valence-corrected chi connectivity index (χ3v) is 3.45. The van der Waals surface area contributed by atoms with Crippen molar-refractivity contribution >= 4 is 11.4 Å². The minimum absolute atomic E-state index is 0.0438. The Morgan fingerprint density at radius 2 is 1.90 bits per heavy atom. The van der Waals surface area contributed by atoms with Crippen LogP contribution < -0.4 is 4.90 Å². The van der Waals surface area contributed by atoms with Crippen LogP contribution in [0.25, 0.3) is 0 Å². The monoisotopic (exact) mass is 286 g/mol. The Morgan fingerprint density at radius 3 is 2.52 bits per heavy atom. The number of aliphatic hydroxyl groups excluding tert-OH is 1. The summed E-state index contributed by atoms with van der Waals surface area (Å²) in [5, 5.41) is 20.1. The number of anilines is 1. The summed E-state index contributed by atoms with van der Waals surface area (Å²) in [6.45, 7) is 0.462. The Hall–Kier alpha value is -2.40. The van der Waals surface area contributed by atoms with Crippen molar-refractivity contribution in [3.05, 3.63) is 69.8 Å². The molecule has 0 atom stereocenters. The largest absolute Gasteiger partial charge is 0.391 e. The van der Waals surface area contributed by atoms with E-state index in [4.69, 9.17) is 0 Å². The van der Waals surface area contributed by atoms with Crippen LogP contribution in [-0.4, -0.2) is 23.6 Å². The van der Waals surface area contributed by atoms with Crippen molar-refractivity contribution in [1.82, 2.24) is 0 Å². The first-order valence-corrected chi connectivity index (χ1v) is 6.75. The number of rotatable bonds is 6. The van der Waals surface area contributed by atoms with Gasteiger partial charge in [0.2, 0.25) is 0 Å². The van der Waals surface area contributed by atoms with Crippen LogP contribution in [0.2, 0.25) is 0 Å². The zero-order chi connectivity index (χ0) is 15.2.